The number of carbonyl (C=O) groups excluding carboxylic acids is 1. The number of fused-ring (bicyclic) bond motifs is 1. The molecule has 2 aromatic carbocycles. The Morgan fingerprint density at radius 2 is 2.00 bits per heavy atom. The van der Waals surface area contributed by atoms with E-state index in [-0.39, 0.29) is 17.6 Å². The van der Waals surface area contributed by atoms with Crippen LogP contribution < -0.4 is 10.1 Å². The summed E-state index contributed by atoms with van der Waals surface area (Å²) in [6.45, 7) is 4.09. The summed E-state index contributed by atoms with van der Waals surface area (Å²) >= 11 is 13.5. The average molecular weight is 410 g/mol. The summed E-state index contributed by atoms with van der Waals surface area (Å²) in [6, 6.07) is 13.4. The van der Waals surface area contributed by atoms with E-state index in [1.165, 1.54) is 0 Å². The van der Waals surface area contributed by atoms with E-state index in [1.54, 1.807) is 17.8 Å². The predicted octanol–water partition coefficient (Wildman–Crippen LogP) is 5.65. The Morgan fingerprint density at radius 3 is 2.77 bits per heavy atom. The van der Waals surface area contributed by atoms with E-state index in [0.717, 1.165) is 23.3 Å². The maximum atomic E-state index is 12.4. The summed E-state index contributed by atoms with van der Waals surface area (Å²) in [6.07, 6.45) is 0.743. The maximum Gasteiger partial charge on any atom is 0.230 e. The second-order valence-corrected chi connectivity index (χ2v) is 8.77. The van der Waals surface area contributed by atoms with Crippen molar-refractivity contribution >= 4 is 40.9 Å². The highest BCUT2D eigenvalue weighted by molar-refractivity contribution is 7.99. The average Bonchev–Trinajstić information content (AvgIpc) is 2.57. The van der Waals surface area contributed by atoms with Crippen molar-refractivity contribution in [3.05, 3.63) is 63.6 Å². The number of nitrogens with one attached hydrogen (secondary N) is 1. The number of ether oxygens (including phenoxy) is 1. The molecule has 0 spiro atoms. The van der Waals surface area contributed by atoms with Gasteiger partial charge >= 0.3 is 0 Å². The number of hydrogen-bond acceptors (Lipinski definition) is 3. The van der Waals surface area contributed by atoms with Gasteiger partial charge in [-0.05, 0) is 37.6 Å². The molecule has 0 saturated carbocycles. The summed E-state index contributed by atoms with van der Waals surface area (Å²) in [5.74, 6) is 1.96. The minimum atomic E-state index is -0.306. The highest BCUT2D eigenvalue weighted by atomic mass is 35.5. The molecule has 3 nitrogen and oxygen atoms in total. The standard InChI is InChI=1S/C20H21Cl2NO2S/c1-20(2)10-17(14-5-3-4-6-18(14)25-20)23-19(24)12-26-11-13-7-8-15(21)16(22)9-13/h3-9,17H,10-12H2,1-2H3,(H,23,24). The van der Waals surface area contributed by atoms with Crippen molar-refractivity contribution in [1.29, 1.82) is 0 Å². The summed E-state index contributed by atoms with van der Waals surface area (Å²) in [5.41, 5.74) is 1.78. The number of thioether (sulfide) groups is 1. The van der Waals surface area contributed by atoms with Gasteiger partial charge in [0.15, 0.2) is 0 Å². The zero-order chi connectivity index (χ0) is 18.7. The molecule has 1 atom stereocenters. The number of hydrogen-bond donors (Lipinski definition) is 1. The van der Waals surface area contributed by atoms with Gasteiger partial charge in [-0.15, -0.1) is 11.8 Å². The van der Waals surface area contributed by atoms with Crippen molar-refractivity contribution < 1.29 is 9.53 Å². The van der Waals surface area contributed by atoms with Gasteiger partial charge in [-0.25, -0.2) is 0 Å². The SMILES string of the molecule is CC1(C)CC(NC(=O)CSCc2ccc(Cl)c(Cl)c2)c2ccccc2O1. The lowest BCUT2D eigenvalue weighted by atomic mass is 9.90. The van der Waals surface area contributed by atoms with Gasteiger partial charge in [0.1, 0.15) is 11.4 Å². The maximum absolute atomic E-state index is 12.4. The number of amides is 1. The van der Waals surface area contributed by atoms with Gasteiger partial charge < -0.3 is 10.1 Å². The first kappa shape index (κ1) is 19.4. The second-order valence-electron chi connectivity index (χ2n) is 6.97. The van der Waals surface area contributed by atoms with Crippen LogP contribution in [0.4, 0.5) is 0 Å². The van der Waals surface area contributed by atoms with Crippen LogP contribution in [0.2, 0.25) is 10.0 Å². The van der Waals surface area contributed by atoms with E-state index in [9.17, 15) is 4.79 Å². The third-order valence-electron chi connectivity index (χ3n) is 4.20. The molecule has 0 fully saturated rings. The minimum Gasteiger partial charge on any atom is -0.487 e. The van der Waals surface area contributed by atoms with Crippen molar-refractivity contribution in [1.82, 2.24) is 5.32 Å². The first-order chi connectivity index (χ1) is 12.3. The van der Waals surface area contributed by atoms with Gasteiger partial charge in [0.25, 0.3) is 0 Å². The first-order valence-electron chi connectivity index (χ1n) is 8.43. The normalized spacial score (nSPS) is 17.9. The quantitative estimate of drug-likeness (QED) is 0.693. The molecule has 1 aliphatic heterocycles. The molecular formula is C20H21Cl2NO2S. The van der Waals surface area contributed by atoms with Crippen LogP contribution in [0.15, 0.2) is 42.5 Å². The number of carbonyl (C=O) groups is 1. The molecule has 3 rings (SSSR count). The Labute approximate surface area is 168 Å². The number of halogens is 2. The summed E-state index contributed by atoms with van der Waals surface area (Å²) in [5, 5.41) is 4.23. The molecule has 1 aliphatic rings. The lowest BCUT2D eigenvalue weighted by Gasteiger charge is -2.37. The summed E-state index contributed by atoms with van der Waals surface area (Å²) in [7, 11) is 0. The van der Waals surface area contributed by atoms with Crippen LogP contribution in [-0.2, 0) is 10.5 Å². The van der Waals surface area contributed by atoms with Crippen LogP contribution in [0.5, 0.6) is 5.75 Å². The lowest BCUT2D eigenvalue weighted by molar-refractivity contribution is -0.119. The monoisotopic (exact) mass is 409 g/mol. The van der Waals surface area contributed by atoms with Gasteiger partial charge in [0.05, 0.1) is 21.8 Å². The zero-order valence-corrected chi connectivity index (χ0v) is 17.0. The minimum absolute atomic E-state index is 0.0209. The first-order valence-corrected chi connectivity index (χ1v) is 10.3. The predicted molar refractivity (Wildman–Crippen MR) is 109 cm³/mol. The molecule has 0 aromatic heterocycles. The van der Waals surface area contributed by atoms with Crippen molar-refractivity contribution in [2.45, 2.75) is 37.7 Å². The highest BCUT2D eigenvalue weighted by Crippen LogP contribution is 2.39. The Morgan fingerprint density at radius 1 is 1.23 bits per heavy atom. The van der Waals surface area contributed by atoms with Crippen LogP contribution in [0, 0.1) is 0 Å². The van der Waals surface area contributed by atoms with Crippen molar-refractivity contribution in [3.63, 3.8) is 0 Å². The third-order valence-corrected chi connectivity index (χ3v) is 5.94. The van der Waals surface area contributed by atoms with Crippen molar-refractivity contribution in [2.24, 2.45) is 0 Å². The van der Waals surface area contributed by atoms with E-state index in [1.807, 2.05) is 50.2 Å². The number of para-hydroxylation sites is 1. The fourth-order valence-corrected chi connectivity index (χ4v) is 4.16. The van der Waals surface area contributed by atoms with Crippen LogP contribution in [0.3, 0.4) is 0 Å². The fourth-order valence-electron chi connectivity index (χ4n) is 3.06. The molecule has 0 saturated heterocycles. The summed E-state index contributed by atoms with van der Waals surface area (Å²) < 4.78 is 6.01. The van der Waals surface area contributed by atoms with E-state index in [0.29, 0.717) is 21.6 Å². The van der Waals surface area contributed by atoms with E-state index < -0.39 is 0 Å². The second kappa shape index (κ2) is 8.12. The molecule has 1 amide bonds. The number of rotatable bonds is 5. The van der Waals surface area contributed by atoms with Gasteiger partial charge in [-0.3, -0.25) is 4.79 Å². The van der Waals surface area contributed by atoms with E-state index in [2.05, 4.69) is 5.32 Å². The summed E-state index contributed by atoms with van der Waals surface area (Å²) in [4.78, 5) is 12.4. The third kappa shape index (κ3) is 4.87. The van der Waals surface area contributed by atoms with Crippen molar-refractivity contribution in [2.75, 3.05) is 5.75 Å². The van der Waals surface area contributed by atoms with Gasteiger partial charge in [0.2, 0.25) is 5.91 Å². The van der Waals surface area contributed by atoms with Gasteiger partial charge in [-0.1, -0.05) is 47.5 Å². The molecule has 1 unspecified atom stereocenters. The van der Waals surface area contributed by atoms with Gasteiger partial charge in [0, 0.05) is 17.7 Å². The van der Waals surface area contributed by atoms with E-state index >= 15 is 0 Å². The molecule has 0 radical (unpaired) electrons. The van der Waals surface area contributed by atoms with E-state index in [4.69, 9.17) is 27.9 Å². The topological polar surface area (TPSA) is 38.3 Å². The highest BCUT2D eigenvalue weighted by Gasteiger charge is 2.34. The largest absolute Gasteiger partial charge is 0.487 e. The molecule has 6 heteroatoms. The molecule has 0 aliphatic carbocycles. The fraction of sp³-hybridized carbons (Fsp3) is 0.350. The van der Waals surface area contributed by atoms with Crippen LogP contribution in [-0.4, -0.2) is 17.3 Å². The molecule has 1 N–H and O–H groups in total. The smallest absolute Gasteiger partial charge is 0.230 e. The van der Waals surface area contributed by atoms with Crippen LogP contribution >= 0.6 is 35.0 Å². The molecular weight excluding hydrogens is 389 g/mol. The Hall–Kier alpha value is -1.36. The van der Waals surface area contributed by atoms with Crippen molar-refractivity contribution in [3.8, 4) is 5.75 Å². The van der Waals surface area contributed by atoms with Crippen LogP contribution in [0.25, 0.3) is 0 Å². The molecule has 1 heterocycles. The molecule has 0 bridgehead atoms. The van der Waals surface area contributed by atoms with Crippen LogP contribution in [0.1, 0.15) is 37.4 Å². The Kier molecular flexibility index (Phi) is 6.06. The molecule has 2 aromatic rings. The van der Waals surface area contributed by atoms with Gasteiger partial charge in [-0.2, -0.15) is 0 Å². The lowest BCUT2D eigenvalue weighted by Crippen LogP contribution is -2.41. The Bertz CT molecular complexity index is 810. The zero-order valence-electron chi connectivity index (χ0n) is 14.7. The number of benzene rings is 2. The molecule has 26 heavy (non-hydrogen) atoms. The molecule has 138 valence electrons. The Balaban J connectivity index is 1.57.